The van der Waals surface area contributed by atoms with Crippen molar-refractivity contribution >= 4 is 22.6 Å². The van der Waals surface area contributed by atoms with Gasteiger partial charge in [0, 0.05) is 24.8 Å². The zero-order valence-electron chi connectivity index (χ0n) is 17.1. The molecule has 2 amide bonds. The van der Waals surface area contributed by atoms with Gasteiger partial charge in [0.05, 0.1) is 17.2 Å². The van der Waals surface area contributed by atoms with Gasteiger partial charge in [0.1, 0.15) is 0 Å². The maximum Gasteiger partial charge on any atom is 0.321 e. The van der Waals surface area contributed by atoms with Crippen LogP contribution in [0.1, 0.15) is 35.6 Å². The van der Waals surface area contributed by atoms with Crippen LogP contribution in [0.4, 0.5) is 10.5 Å². The van der Waals surface area contributed by atoms with Gasteiger partial charge in [0.25, 0.3) is 5.56 Å². The zero-order valence-corrected chi connectivity index (χ0v) is 17.1. The fourth-order valence-corrected chi connectivity index (χ4v) is 3.88. The van der Waals surface area contributed by atoms with E-state index in [9.17, 15) is 9.59 Å². The number of hydrogen-bond donors (Lipinski definition) is 1. The normalized spacial score (nSPS) is 14.9. The van der Waals surface area contributed by atoms with Crippen molar-refractivity contribution in [3.05, 3.63) is 69.8 Å². The second kappa shape index (κ2) is 7.70. The Morgan fingerprint density at radius 3 is 2.52 bits per heavy atom. The Hall–Kier alpha value is -3.15. The number of likely N-dealkylation sites (tertiary alicyclic amines) is 1. The minimum Gasteiger partial charge on any atom is -0.324 e. The first-order chi connectivity index (χ1) is 13.9. The van der Waals surface area contributed by atoms with Crippen LogP contribution in [-0.4, -0.2) is 33.6 Å². The maximum absolute atomic E-state index is 12.9. The first kappa shape index (κ1) is 19.2. The lowest BCUT2D eigenvalue weighted by Crippen LogP contribution is -2.42. The Morgan fingerprint density at radius 2 is 1.79 bits per heavy atom. The van der Waals surface area contributed by atoms with E-state index in [0.29, 0.717) is 18.5 Å². The Balaban J connectivity index is 1.44. The number of rotatable bonds is 2. The quantitative estimate of drug-likeness (QED) is 0.713. The Bertz CT molecular complexity index is 1130. The third kappa shape index (κ3) is 3.88. The summed E-state index contributed by atoms with van der Waals surface area (Å²) in [5, 5.41) is 3.64. The number of urea groups is 1. The molecule has 1 aliphatic heterocycles. The molecule has 1 aromatic heterocycles. The number of aryl methyl sites for hydroxylation is 3. The summed E-state index contributed by atoms with van der Waals surface area (Å²) in [5.41, 5.74) is 4.93. The minimum atomic E-state index is -0.0914. The Morgan fingerprint density at radius 1 is 1.03 bits per heavy atom. The molecule has 1 fully saturated rings. The molecule has 0 aliphatic carbocycles. The van der Waals surface area contributed by atoms with E-state index in [2.05, 4.69) is 17.2 Å². The van der Waals surface area contributed by atoms with Gasteiger partial charge in [-0.3, -0.25) is 9.36 Å². The Kier molecular flexibility index (Phi) is 5.09. The average Bonchev–Trinajstić information content (AvgIpc) is 2.72. The van der Waals surface area contributed by atoms with Crippen molar-refractivity contribution in [3.63, 3.8) is 0 Å². The lowest BCUT2D eigenvalue weighted by atomic mass is 10.0. The second-order valence-corrected chi connectivity index (χ2v) is 7.93. The predicted molar refractivity (Wildman–Crippen MR) is 116 cm³/mol. The SMILES string of the molecule is Cc1ccc2ncn(C3CCN(C(=O)Nc4ccc(C)c(C)c4)CC3)c(=O)c2c1. The molecule has 1 N–H and O–H groups in total. The molecule has 0 bridgehead atoms. The van der Waals surface area contributed by atoms with E-state index in [1.165, 1.54) is 5.56 Å². The van der Waals surface area contributed by atoms with Gasteiger partial charge < -0.3 is 10.2 Å². The van der Waals surface area contributed by atoms with Gasteiger partial charge in [-0.2, -0.15) is 0 Å². The number of nitrogens with one attached hydrogen (secondary N) is 1. The molecule has 2 heterocycles. The number of aromatic nitrogens is 2. The number of carbonyl (C=O) groups is 1. The van der Waals surface area contributed by atoms with Crippen LogP contribution in [0.3, 0.4) is 0 Å². The first-order valence-corrected chi connectivity index (χ1v) is 10.0. The van der Waals surface area contributed by atoms with E-state index in [1.54, 1.807) is 10.9 Å². The van der Waals surface area contributed by atoms with Crippen LogP contribution in [0, 0.1) is 20.8 Å². The van der Waals surface area contributed by atoms with Crippen molar-refractivity contribution < 1.29 is 4.79 Å². The van der Waals surface area contributed by atoms with Gasteiger partial charge in [-0.25, -0.2) is 9.78 Å². The standard InChI is InChI=1S/C23H26N4O2/c1-15-4-7-21-20(12-15)22(28)27(14-24-21)19-8-10-26(11-9-19)23(29)25-18-6-5-16(2)17(3)13-18/h4-7,12-14,19H,8-11H2,1-3H3,(H,25,29). The largest absolute Gasteiger partial charge is 0.324 e. The number of nitrogens with zero attached hydrogens (tertiary/aromatic N) is 3. The average molecular weight is 390 g/mol. The highest BCUT2D eigenvalue weighted by atomic mass is 16.2. The lowest BCUT2D eigenvalue weighted by Gasteiger charge is -2.32. The van der Waals surface area contributed by atoms with Crippen molar-refractivity contribution in [2.45, 2.75) is 39.7 Å². The number of piperidine rings is 1. The van der Waals surface area contributed by atoms with Crippen LogP contribution in [0.5, 0.6) is 0 Å². The van der Waals surface area contributed by atoms with Gasteiger partial charge in [-0.1, -0.05) is 17.7 Å². The monoisotopic (exact) mass is 390 g/mol. The van der Waals surface area contributed by atoms with Gasteiger partial charge >= 0.3 is 6.03 Å². The lowest BCUT2D eigenvalue weighted by molar-refractivity contribution is 0.182. The molecule has 0 saturated carbocycles. The van der Waals surface area contributed by atoms with Crippen LogP contribution < -0.4 is 10.9 Å². The van der Waals surface area contributed by atoms with E-state index >= 15 is 0 Å². The highest BCUT2D eigenvalue weighted by Gasteiger charge is 2.25. The molecule has 3 aromatic rings. The molecule has 0 unspecified atom stereocenters. The zero-order chi connectivity index (χ0) is 20.5. The third-order valence-electron chi connectivity index (χ3n) is 5.84. The molecule has 0 atom stereocenters. The topological polar surface area (TPSA) is 67.2 Å². The number of hydrogen-bond acceptors (Lipinski definition) is 3. The second-order valence-electron chi connectivity index (χ2n) is 7.93. The number of benzene rings is 2. The highest BCUT2D eigenvalue weighted by Crippen LogP contribution is 2.23. The predicted octanol–water partition coefficient (Wildman–Crippen LogP) is 4.19. The van der Waals surface area contributed by atoms with Crippen molar-refractivity contribution in [1.29, 1.82) is 0 Å². The van der Waals surface area contributed by atoms with E-state index in [4.69, 9.17) is 0 Å². The molecule has 1 aliphatic rings. The third-order valence-corrected chi connectivity index (χ3v) is 5.84. The number of anilines is 1. The summed E-state index contributed by atoms with van der Waals surface area (Å²) in [6, 6.07) is 11.6. The molecule has 0 radical (unpaired) electrons. The van der Waals surface area contributed by atoms with Crippen LogP contribution in [0.25, 0.3) is 10.9 Å². The van der Waals surface area contributed by atoms with E-state index < -0.39 is 0 Å². The number of carbonyl (C=O) groups excluding carboxylic acids is 1. The molecule has 0 spiro atoms. The smallest absolute Gasteiger partial charge is 0.321 e. The first-order valence-electron chi connectivity index (χ1n) is 10.0. The van der Waals surface area contributed by atoms with Crippen LogP contribution in [0.2, 0.25) is 0 Å². The van der Waals surface area contributed by atoms with Crippen LogP contribution >= 0.6 is 0 Å². The summed E-state index contributed by atoms with van der Waals surface area (Å²) in [4.78, 5) is 31.8. The fraction of sp³-hybridized carbons (Fsp3) is 0.348. The molecule has 4 rings (SSSR count). The van der Waals surface area contributed by atoms with Gasteiger partial charge in [-0.15, -0.1) is 0 Å². The summed E-state index contributed by atoms with van der Waals surface area (Å²) in [6.45, 7) is 7.28. The van der Waals surface area contributed by atoms with Crippen molar-refractivity contribution in [2.24, 2.45) is 0 Å². The number of fused-ring (bicyclic) bond motifs is 1. The van der Waals surface area contributed by atoms with Gasteiger partial charge in [0.2, 0.25) is 0 Å². The summed E-state index contributed by atoms with van der Waals surface area (Å²) >= 11 is 0. The summed E-state index contributed by atoms with van der Waals surface area (Å²) < 4.78 is 1.74. The van der Waals surface area contributed by atoms with Crippen LogP contribution in [-0.2, 0) is 0 Å². The molecule has 150 valence electrons. The van der Waals surface area contributed by atoms with E-state index in [-0.39, 0.29) is 17.6 Å². The van der Waals surface area contributed by atoms with Crippen molar-refractivity contribution in [3.8, 4) is 0 Å². The summed E-state index contributed by atoms with van der Waals surface area (Å²) in [7, 11) is 0. The minimum absolute atomic E-state index is 0.00303. The maximum atomic E-state index is 12.9. The highest BCUT2D eigenvalue weighted by molar-refractivity contribution is 5.89. The molecule has 2 aromatic carbocycles. The number of amides is 2. The molecule has 6 heteroatoms. The fourth-order valence-electron chi connectivity index (χ4n) is 3.88. The van der Waals surface area contributed by atoms with Crippen molar-refractivity contribution in [1.82, 2.24) is 14.5 Å². The summed E-state index contributed by atoms with van der Waals surface area (Å²) in [6.07, 6.45) is 3.12. The molecule has 6 nitrogen and oxygen atoms in total. The van der Waals surface area contributed by atoms with Gasteiger partial charge in [-0.05, 0) is 69.0 Å². The van der Waals surface area contributed by atoms with E-state index in [1.807, 2.05) is 55.1 Å². The molecular formula is C23H26N4O2. The molecular weight excluding hydrogens is 364 g/mol. The Labute approximate surface area is 170 Å². The van der Waals surface area contributed by atoms with Crippen LogP contribution in [0.15, 0.2) is 47.5 Å². The van der Waals surface area contributed by atoms with Gasteiger partial charge in [0.15, 0.2) is 0 Å². The summed E-state index contributed by atoms with van der Waals surface area (Å²) in [5.74, 6) is 0. The molecule has 29 heavy (non-hydrogen) atoms. The molecule has 1 saturated heterocycles. The van der Waals surface area contributed by atoms with E-state index in [0.717, 1.165) is 35.2 Å². The van der Waals surface area contributed by atoms with Crippen molar-refractivity contribution in [2.75, 3.05) is 18.4 Å².